The summed E-state index contributed by atoms with van der Waals surface area (Å²) in [5, 5.41) is 0.751. The van der Waals surface area contributed by atoms with Gasteiger partial charge in [-0.3, -0.25) is 9.69 Å². The average Bonchev–Trinajstić information content (AvgIpc) is 2.87. The molecule has 6 nitrogen and oxygen atoms in total. The zero-order valence-electron chi connectivity index (χ0n) is 13.0. The first kappa shape index (κ1) is 19.0. The van der Waals surface area contributed by atoms with Crippen LogP contribution in [0.3, 0.4) is 0 Å². The third kappa shape index (κ3) is 4.19. The predicted molar refractivity (Wildman–Crippen MR) is 82.7 cm³/mol. The van der Waals surface area contributed by atoms with Gasteiger partial charge in [0.1, 0.15) is 0 Å². The van der Waals surface area contributed by atoms with Gasteiger partial charge in [0.05, 0.1) is 29.7 Å². The van der Waals surface area contributed by atoms with Crippen molar-refractivity contribution in [2.24, 2.45) is 0 Å². The second kappa shape index (κ2) is 6.87. The van der Waals surface area contributed by atoms with Gasteiger partial charge < -0.3 is 4.74 Å². The number of amides is 1. The Morgan fingerprint density at radius 1 is 1.28 bits per heavy atom. The van der Waals surface area contributed by atoms with Gasteiger partial charge in [0, 0.05) is 5.41 Å². The van der Waals surface area contributed by atoms with Crippen molar-refractivity contribution in [2.75, 3.05) is 17.3 Å². The van der Waals surface area contributed by atoms with E-state index < -0.39 is 39.7 Å². The van der Waals surface area contributed by atoms with Crippen LogP contribution in [0.4, 0.5) is 18.9 Å². The second-order valence-corrected chi connectivity index (χ2v) is 7.07. The van der Waals surface area contributed by atoms with Crippen LogP contribution in [-0.2, 0) is 19.4 Å². The number of ether oxygens (including phenoxy) is 1. The first-order valence-electron chi connectivity index (χ1n) is 7.14. The summed E-state index contributed by atoms with van der Waals surface area (Å²) in [4.78, 5) is 24.2. The van der Waals surface area contributed by atoms with Crippen molar-refractivity contribution in [1.82, 2.24) is 0 Å². The quantitative estimate of drug-likeness (QED) is 0.751. The molecule has 0 bridgehead atoms. The number of carbonyl (C=O) groups excluding carboxylic acids is 2. The number of hydrogen-bond acceptors (Lipinski definition) is 5. The summed E-state index contributed by atoms with van der Waals surface area (Å²) in [6, 6.07) is 3.69. The molecule has 0 N–H and O–H groups in total. The first-order valence-corrected chi connectivity index (χ1v) is 8.86. The Hall–Kier alpha value is -2.36. The van der Waals surface area contributed by atoms with Gasteiger partial charge >= 0.3 is 18.1 Å². The molecule has 1 heterocycles. The van der Waals surface area contributed by atoms with Gasteiger partial charge in [0.15, 0.2) is 9.84 Å². The summed E-state index contributed by atoms with van der Waals surface area (Å²) in [5.74, 6) is -3.88. The fourth-order valence-corrected chi connectivity index (χ4v) is 3.63. The Kier molecular flexibility index (Phi) is 5.21. The molecule has 1 aromatic carbocycles. The number of sulfone groups is 1. The maximum absolute atomic E-state index is 13.0. The summed E-state index contributed by atoms with van der Waals surface area (Å²) < 4.78 is 67.0. The zero-order valence-corrected chi connectivity index (χ0v) is 13.8. The number of carbonyl (C=O) groups is 2. The van der Waals surface area contributed by atoms with E-state index in [0.29, 0.717) is 0 Å². The summed E-state index contributed by atoms with van der Waals surface area (Å²) in [6.07, 6.45) is -4.26. The minimum atomic E-state index is -5.25. The van der Waals surface area contributed by atoms with E-state index in [2.05, 4.69) is 0 Å². The number of alkyl halides is 3. The number of nitrogens with zero attached hydrogens (tertiary/aromatic N) is 1. The maximum Gasteiger partial charge on any atom is 0.471 e. The number of benzene rings is 1. The molecule has 0 fully saturated rings. The number of hydrogen-bond donors (Lipinski definition) is 0. The van der Waals surface area contributed by atoms with Gasteiger partial charge in [-0.05, 0) is 25.1 Å². The minimum Gasteiger partial charge on any atom is -0.462 e. The van der Waals surface area contributed by atoms with Crippen LogP contribution in [-0.4, -0.2) is 44.9 Å². The molecule has 1 aliphatic heterocycles. The molecule has 0 aromatic heterocycles. The van der Waals surface area contributed by atoms with E-state index in [-0.39, 0.29) is 22.8 Å². The number of esters is 1. The fourth-order valence-electron chi connectivity index (χ4n) is 2.36. The summed E-state index contributed by atoms with van der Waals surface area (Å²) in [6.45, 7) is 1.50. The molecule has 10 heteroatoms. The lowest BCUT2D eigenvalue weighted by molar-refractivity contribution is -0.170. The van der Waals surface area contributed by atoms with Crippen LogP contribution in [0.5, 0.6) is 0 Å². The molecular weight excluding hydrogens is 363 g/mol. The lowest BCUT2D eigenvalue weighted by atomic mass is 10.1. The van der Waals surface area contributed by atoms with E-state index >= 15 is 0 Å². The van der Waals surface area contributed by atoms with Crippen LogP contribution in [0.1, 0.15) is 17.3 Å². The van der Waals surface area contributed by atoms with Crippen molar-refractivity contribution in [3.05, 3.63) is 41.3 Å². The Labute approximate surface area is 141 Å². The van der Waals surface area contributed by atoms with Gasteiger partial charge in [-0.25, -0.2) is 13.2 Å². The van der Waals surface area contributed by atoms with Gasteiger partial charge in [-0.2, -0.15) is 13.2 Å². The highest BCUT2D eigenvalue weighted by Crippen LogP contribution is 2.31. The van der Waals surface area contributed by atoms with Crippen LogP contribution in [0, 0.1) is 0 Å². The van der Waals surface area contributed by atoms with Gasteiger partial charge in [-0.1, -0.05) is 12.1 Å². The molecule has 1 atom stereocenters. The Balaban J connectivity index is 2.56. The van der Waals surface area contributed by atoms with Crippen LogP contribution in [0.25, 0.3) is 0 Å². The molecule has 1 aliphatic rings. The molecule has 0 saturated carbocycles. The fraction of sp³-hybridized carbons (Fsp3) is 0.333. The molecule has 1 amide bonds. The third-order valence-corrected chi connectivity index (χ3v) is 4.74. The lowest BCUT2D eigenvalue weighted by Gasteiger charge is -2.29. The highest BCUT2D eigenvalue weighted by Gasteiger charge is 2.47. The maximum atomic E-state index is 13.0. The largest absolute Gasteiger partial charge is 0.471 e. The van der Waals surface area contributed by atoms with E-state index in [4.69, 9.17) is 4.74 Å². The van der Waals surface area contributed by atoms with Crippen molar-refractivity contribution in [3.63, 3.8) is 0 Å². The van der Waals surface area contributed by atoms with Crippen LogP contribution in [0.15, 0.2) is 35.7 Å². The normalized spacial score (nSPS) is 18.8. The summed E-state index contributed by atoms with van der Waals surface area (Å²) >= 11 is 0. The van der Waals surface area contributed by atoms with Crippen LogP contribution < -0.4 is 4.90 Å². The Morgan fingerprint density at radius 3 is 2.44 bits per heavy atom. The highest BCUT2D eigenvalue weighted by molar-refractivity contribution is 7.94. The topological polar surface area (TPSA) is 80.8 Å². The van der Waals surface area contributed by atoms with Crippen molar-refractivity contribution in [1.29, 1.82) is 0 Å². The van der Waals surface area contributed by atoms with E-state index in [1.165, 1.54) is 25.1 Å². The van der Waals surface area contributed by atoms with Crippen molar-refractivity contribution in [2.45, 2.75) is 19.1 Å². The molecule has 1 aromatic rings. The van der Waals surface area contributed by atoms with Crippen molar-refractivity contribution >= 4 is 27.4 Å². The average molecular weight is 377 g/mol. The molecule has 0 aliphatic carbocycles. The summed E-state index contributed by atoms with van der Waals surface area (Å²) in [7, 11) is -3.73. The number of rotatable bonds is 4. The second-order valence-electron chi connectivity index (χ2n) is 5.14. The van der Waals surface area contributed by atoms with Crippen molar-refractivity contribution < 1.29 is 35.9 Å². The van der Waals surface area contributed by atoms with E-state index in [9.17, 15) is 31.2 Å². The molecule has 1 unspecified atom stereocenters. The minimum absolute atomic E-state index is 0.0158. The van der Waals surface area contributed by atoms with Crippen molar-refractivity contribution in [3.8, 4) is 0 Å². The standard InChI is InChI=1S/C15H14F3NO5S/c1-2-24-13(20)11-5-3-4-6-12(11)19(14(21)15(16,17)18)10-7-8-25(22,23)9-10/h3-8,10H,2,9H2,1H3. The molecule has 0 spiro atoms. The Morgan fingerprint density at radius 2 is 1.92 bits per heavy atom. The number of para-hydroxylation sites is 1. The predicted octanol–water partition coefficient (Wildman–Crippen LogP) is 2.07. The molecule has 136 valence electrons. The molecule has 0 radical (unpaired) electrons. The Bertz CT molecular complexity index is 817. The van der Waals surface area contributed by atoms with Gasteiger partial charge in [0.25, 0.3) is 0 Å². The monoisotopic (exact) mass is 377 g/mol. The number of halogens is 3. The number of anilines is 1. The SMILES string of the molecule is CCOC(=O)c1ccccc1N(C(=O)C(F)(F)F)C1C=CS(=O)(=O)C1. The highest BCUT2D eigenvalue weighted by atomic mass is 32.2. The van der Waals surface area contributed by atoms with E-state index in [1.54, 1.807) is 0 Å². The van der Waals surface area contributed by atoms with E-state index in [0.717, 1.165) is 17.6 Å². The molecular formula is C15H14F3NO5S. The molecule has 2 rings (SSSR count). The zero-order chi connectivity index (χ0) is 18.8. The van der Waals surface area contributed by atoms with Gasteiger partial charge in [0.2, 0.25) is 0 Å². The van der Waals surface area contributed by atoms with Crippen LogP contribution in [0.2, 0.25) is 0 Å². The summed E-state index contributed by atoms with van der Waals surface area (Å²) in [5.41, 5.74) is -0.630. The lowest BCUT2D eigenvalue weighted by Crippen LogP contribution is -2.48. The first-order chi connectivity index (χ1) is 11.6. The third-order valence-electron chi connectivity index (χ3n) is 3.36. The van der Waals surface area contributed by atoms with Crippen LogP contribution >= 0.6 is 0 Å². The van der Waals surface area contributed by atoms with Gasteiger partial charge in [-0.15, -0.1) is 0 Å². The smallest absolute Gasteiger partial charge is 0.462 e. The molecule has 0 saturated heterocycles. The van der Waals surface area contributed by atoms with E-state index in [1.807, 2.05) is 0 Å². The molecule has 25 heavy (non-hydrogen) atoms.